The quantitative estimate of drug-likeness (QED) is 0.724. The molecule has 0 unspecified atom stereocenters. The summed E-state index contributed by atoms with van der Waals surface area (Å²) in [6, 6.07) is 0. The van der Waals surface area contributed by atoms with Crippen molar-refractivity contribution < 1.29 is 32.3 Å². The molecule has 1 aliphatic rings. The molecular formula is C10H19AgO2. The molecule has 0 atom stereocenters. The number of carboxylic acids is 1. The third-order valence-electron chi connectivity index (χ3n) is 1.95. The number of carbonyl (C=O) groups excluding carboxylic acids is 1. The van der Waals surface area contributed by atoms with Crippen molar-refractivity contribution in [1.29, 1.82) is 0 Å². The zero-order valence-electron chi connectivity index (χ0n) is 8.27. The van der Waals surface area contributed by atoms with Gasteiger partial charge in [0, 0.05) is 5.97 Å². The van der Waals surface area contributed by atoms with Gasteiger partial charge in [0.2, 0.25) is 0 Å². The molecule has 0 aromatic heterocycles. The Kier molecular flexibility index (Phi) is 14.7. The van der Waals surface area contributed by atoms with E-state index < -0.39 is 5.97 Å². The van der Waals surface area contributed by atoms with Crippen LogP contribution >= 0.6 is 0 Å². The maximum Gasteiger partial charge on any atom is 1.00 e. The minimum absolute atomic E-state index is 0. The van der Waals surface area contributed by atoms with Crippen LogP contribution in [0, 0.1) is 0 Å². The summed E-state index contributed by atoms with van der Waals surface area (Å²) in [5, 5.41) is 9.49. The Hall–Kier alpha value is 0.210. The van der Waals surface area contributed by atoms with Crippen molar-refractivity contribution in [3.63, 3.8) is 0 Å². The number of hydrogen-bond acceptors (Lipinski definition) is 2. The van der Waals surface area contributed by atoms with E-state index in [0.717, 1.165) is 0 Å². The predicted octanol–water partition coefficient (Wildman–Crippen LogP) is 1.87. The fraction of sp³-hybridized carbons (Fsp3) is 0.900. The molecule has 0 heterocycles. The number of rotatable bonds is 2. The van der Waals surface area contributed by atoms with E-state index in [1.54, 1.807) is 6.92 Å². The first-order valence-electron chi connectivity index (χ1n) is 4.97. The van der Waals surface area contributed by atoms with Crippen molar-refractivity contribution in [3.05, 3.63) is 0 Å². The maximum absolute atomic E-state index is 9.49. The van der Waals surface area contributed by atoms with Crippen LogP contribution in [0.25, 0.3) is 0 Å². The van der Waals surface area contributed by atoms with Gasteiger partial charge >= 0.3 is 22.4 Å². The molecule has 0 aliphatic heterocycles. The smallest absolute Gasteiger partial charge is 0.550 e. The zero-order valence-corrected chi connectivity index (χ0v) is 9.76. The van der Waals surface area contributed by atoms with Gasteiger partial charge in [0.1, 0.15) is 0 Å². The van der Waals surface area contributed by atoms with Gasteiger partial charge in [-0.1, -0.05) is 51.9 Å². The Labute approximate surface area is 96.6 Å². The van der Waals surface area contributed by atoms with Crippen molar-refractivity contribution in [2.24, 2.45) is 0 Å². The van der Waals surface area contributed by atoms with Gasteiger partial charge in [0.15, 0.2) is 0 Å². The van der Waals surface area contributed by atoms with E-state index in [9.17, 15) is 9.90 Å². The summed E-state index contributed by atoms with van der Waals surface area (Å²) in [6.07, 6.45) is 9.85. The van der Waals surface area contributed by atoms with E-state index in [0.29, 0.717) is 6.42 Å². The fourth-order valence-corrected chi connectivity index (χ4v) is 1.26. The molecule has 2 nitrogen and oxygen atoms in total. The maximum atomic E-state index is 9.49. The van der Waals surface area contributed by atoms with Crippen LogP contribution in [0.15, 0.2) is 0 Å². The number of aliphatic carboxylic acids is 1. The topological polar surface area (TPSA) is 40.1 Å². The molecule has 0 aromatic rings. The van der Waals surface area contributed by atoms with Crippen LogP contribution in [0.2, 0.25) is 0 Å². The Morgan fingerprint density at radius 1 is 1.08 bits per heavy atom. The summed E-state index contributed by atoms with van der Waals surface area (Å²) in [5.41, 5.74) is 0. The number of carbonyl (C=O) groups is 1. The first-order chi connectivity index (χ1) is 5.77. The molecule has 0 aromatic carbocycles. The SMILES string of the molecule is C1CCCCC1.CCCC(=O)[O-].[Ag+]. The molecule has 1 rings (SSSR count). The monoisotopic (exact) mass is 278 g/mol. The van der Waals surface area contributed by atoms with Crippen LogP contribution in [-0.4, -0.2) is 5.97 Å². The van der Waals surface area contributed by atoms with E-state index in [1.807, 2.05) is 0 Å². The summed E-state index contributed by atoms with van der Waals surface area (Å²) < 4.78 is 0. The van der Waals surface area contributed by atoms with E-state index >= 15 is 0 Å². The largest absolute Gasteiger partial charge is 1.00 e. The van der Waals surface area contributed by atoms with Gasteiger partial charge in [-0.15, -0.1) is 0 Å². The van der Waals surface area contributed by atoms with Crippen LogP contribution in [0.5, 0.6) is 0 Å². The van der Waals surface area contributed by atoms with E-state index in [4.69, 9.17) is 0 Å². The molecule has 82 valence electrons. The van der Waals surface area contributed by atoms with Crippen molar-refractivity contribution in [1.82, 2.24) is 0 Å². The molecule has 0 radical (unpaired) electrons. The van der Waals surface area contributed by atoms with Crippen LogP contribution in [0.3, 0.4) is 0 Å². The molecule has 0 bridgehead atoms. The average molecular weight is 279 g/mol. The predicted molar refractivity (Wildman–Crippen MR) is 47.6 cm³/mol. The van der Waals surface area contributed by atoms with E-state index in [2.05, 4.69) is 0 Å². The second-order valence-electron chi connectivity index (χ2n) is 3.24. The second-order valence-corrected chi connectivity index (χ2v) is 3.24. The summed E-state index contributed by atoms with van der Waals surface area (Å²) in [5.74, 6) is -0.961. The van der Waals surface area contributed by atoms with Gasteiger partial charge in [-0.3, -0.25) is 0 Å². The number of hydrogen-bond donors (Lipinski definition) is 0. The van der Waals surface area contributed by atoms with Gasteiger partial charge in [-0.2, -0.15) is 0 Å². The summed E-state index contributed by atoms with van der Waals surface area (Å²) >= 11 is 0. The van der Waals surface area contributed by atoms with Crippen molar-refractivity contribution in [3.8, 4) is 0 Å². The molecule has 0 spiro atoms. The Morgan fingerprint density at radius 3 is 1.46 bits per heavy atom. The Balaban J connectivity index is 0. The van der Waals surface area contributed by atoms with Gasteiger partial charge < -0.3 is 9.90 Å². The van der Waals surface area contributed by atoms with E-state index in [-0.39, 0.29) is 28.8 Å². The van der Waals surface area contributed by atoms with Crippen LogP contribution in [-0.2, 0) is 27.2 Å². The fourth-order valence-electron chi connectivity index (χ4n) is 1.26. The third-order valence-corrected chi connectivity index (χ3v) is 1.95. The molecule has 3 heteroatoms. The van der Waals surface area contributed by atoms with Gasteiger partial charge in [0.05, 0.1) is 0 Å². The van der Waals surface area contributed by atoms with Gasteiger partial charge in [0.25, 0.3) is 0 Å². The molecular weight excluding hydrogens is 260 g/mol. The molecule has 0 amide bonds. The molecule has 0 N–H and O–H groups in total. The van der Waals surface area contributed by atoms with Crippen LogP contribution < -0.4 is 5.11 Å². The summed E-state index contributed by atoms with van der Waals surface area (Å²) in [7, 11) is 0. The zero-order chi connectivity index (χ0) is 9.23. The molecule has 1 saturated carbocycles. The van der Waals surface area contributed by atoms with Crippen molar-refractivity contribution in [2.75, 3.05) is 0 Å². The standard InChI is InChI=1S/C6H12.C4H8O2.Ag/c1-2-4-6-5-3-1;1-2-3-4(5)6;/h1-6H2;2-3H2,1H3,(H,5,6);/q;;+1/p-1. The minimum atomic E-state index is -0.961. The van der Waals surface area contributed by atoms with Crippen molar-refractivity contribution in [2.45, 2.75) is 58.3 Å². The van der Waals surface area contributed by atoms with Crippen molar-refractivity contribution >= 4 is 5.97 Å². The Morgan fingerprint density at radius 2 is 1.38 bits per heavy atom. The van der Waals surface area contributed by atoms with Crippen LogP contribution in [0.1, 0.15) is 58.3 Å². The van der Waals surface area contributed by atoms with Gasteiger partial charge in [-0.05, 0) is 6.42 Å². The first-order valence-corrected chi connectivity index (χ1v) is 4.97. The third kappa shape index (κ3) is 15.0. The second kappa shape index (κ2) is 12.2. The normalized spacial score (nSPS) is 14.8. The Bertz CT molecular complexity index is 100.0. The molecule has 0 saturated heterocycles. The molecule has 1 fully saturated rings. The van der Waals surface area contributed by atoms with Crippen LogP contribution in [0.4, 0.5) is 0 Å². The minimum Gasteiger partial charge on any atom is -0.550 e. The van der Waals surface area contributed by atoms with Gasteiger partial charge in [-0.25, -0.2) is 0 Å². The number of carboxylic acid groups (broad SMARTS) is 1. The first kappa shape index (κ1) is 15.7. The average Bonchev–Trinajstić information content (AvgIpc) is 2.08. The molecule has 1 aliphatic carbocycles. The molecule has 13 heavy (non-hydrogen) atoms. The van der Waals surface area contributed by atoms with E-state index in [1.165, 1.54) is 38.5 Å². The summed E-state index contributed by atoms with van der Waals surface area (Å²) in [4.78, 5) is 9.49. The summed E-state index contributed by atoms with van der Waals surface area (Å²) in [6.45, 7) is 1.80.